The van der Waals surface area contributed by atoms with Gasteiger partial charge in [-0.05, 0) is 33.5 Å². The number of rotatable bonds is 14. The van der Waals surface area contributed by atoms with Crippen molar-refractivity contribution in [1.82, 2.24) is 0 Å². The Morgan fingerprint density at radius 3 is 1.36 bits per heavy atom. The van der Waals surface area contributed by atoms with E-state index in [1.165, 1.54) is 83.5 Å². The molecule has 1 aliphatic heterocycles. The van der Waals surface area contributed by atoms with Crippen LogP contribution in [0.2, 0.25) is 5.82 Å². The molecule has 148 valence electrons. The molecule has 2 nitrogen and oxygen atoms in total. The smallest absolute Gasteiger partial charge is 0.403 e. The van der Waals surface area contributed by atoms with Crippen molar-refractivity contribution in [2.45, 2.75) is 142 Å². The summed E-state index contributed by atoms with van der Waals surface area (Å²) in [5.41, 5.74) is -0.390. The van der Waals surface area contributed by atoms with Crippen molar-refractivity contribution in [3.63, 3.8) is 0 Å². The average molecular weight is 352 g/mol. The second kappa shape index (κ2) is 11.6. The zero-order valence-corrected chi connectivity index (χ0v) is 18.2. The Hall–Kier alpha value is -0.0151. The number of unbranched alkanes of at least 4 members (excludes halogenated alkanes) is 9. The van der Waals surface area contributed by atoms with Gasteiger partial charge in [0.15, 0.2) is 0 Å². The van der Waals surface area contributed by atoms with Gasteiger partial charge in [0.1, 0.15) is 0 Å². The molecule has 0 aromatic heterocycles. The molecule has 0 spiro atoms. The van der Waals surface area contributed by atoms with Gasteiger partial charge in [-0.25, -0.2) is 0 Å². The minimum atomic E-state index is -0.195. The van der Waals surface area contributed by atoms with Gasteiger partial charge in [0, 0.05) is 0 Å². The SMILES string of the molecule is CCCCCCCCC(CCCCCCC)B1OC(C)(C)C(C)(C)O1. The molecule has 1 heterocycles. The molecule has 1 rings (SSSR count). The molecule has 0 aromatic rings. The lowest BCUT2D eigenvalue weighted by atomic mass is 9.66. The Balaban J connectivity index is 2.45. The maximum atomic E-state index is 6.38. The largest absolute Gasteiger partial charge is 0.461 e. The van der Waals surface area contributed by atoms with Crippen LogP contribution >= 0.6 is 0 Å². The van der Waals surface area contributed by atoms with E-state index in [9.17, 15) is 0 Å². The Morgan fingerprint density at radius 1 is 0.600 bits per heavy atom. The quantitative estimate of drug-likeness (QED) is 0.237. The highest BCUT2D eigenvalue weighted by atomic mass is 16.7. The van der Waals surface area contributed by atoms with E-state index >= 15 is 0 Å². The summed E-state index contributed by atoms with van der Waals surface area (Å²) in [6, 6.07) is 0. The summed E-state index contributed by atoms with van der Waals surface area (Å²) in [5, 5.41) is 0. The Kier molecular flexibility index (Phi) is 10.7. The summed E-state index contributed by atoms with van der Waals surface area (Å²) in [6.07, 6.45) is 17.5. The van der Waals surface area contributed by atoms with Gasteiger partial charge in [-0.1, -0.05) is 97.3 Å². The van der Waals surface area contributed by atoms with Crippen molar-refractivity contribution >= 4 is 7.12 Å². The van der Waals surface area contributed by atoms with E-state index in [0.29, 0.717) is 5.82 Å². The van der Waals surface area contributed by atoms with Gasteiger partial charge in [-0.2, -0.15) is 0 Å². The standard InChI is InChI=1S/C22H45BO2/c1-7-9-11-13-15-17-19-20(18-16-14-12-10-8-2)23-24-21(3,4)22(5,6)25-23/h20H,7-19H2,1-6H3. The zero-order chi connectivity index (χ0) is 18.8. The van der Waals surface area contributed by atoms with E-state index in [-0.39, 0.29) is 18.3 Å². The highest BCUT2D eigenvalue weighted by Crippen LogP contribution is 2.42. The van der Waals surface area contributed by atoms with Crippen LogP contribution in [0, 0.1) is 0 Å². The van der Waals surface area contributed by atoms with Crippen molar-refractivity contribution in [1.29, 1.82) is 0 Å². The van der Waals surface area contributed by atoms with Crippen molar-refractivity contribution in [3.8, 4) is 0 Å². The van der Waals surface area contributed by atoms with E-state index in [4.69, 9.17) is 9.31 Å². The lowest BCUT2D eigenvalue weighted by Crippen LogP contribution is -2.41. The molecule has 3 heteroatoms. The number of hydrogen-bond donors (Lipinski definition) is 0. The molecule has 25 heavy (non-hydrogen) atoms. The first-order valence-electron chi connectivity index (χ1n) is 11.2. The van der Waals surface area contributed by atoms with E-state index in [2.05, 4.69) is 41.5 Å². The fraction of sp³-hybridized carbons (Fsp3) is 1.00. The van der Waals surface area contributed by atoms with Crippen LogP contribution in [0.15, 0.2) is 0 Å². The van der Waals surface area contributed by atoms with Crippen LogP contribution in [0.3, 0.4) is 0 Å². The molecule has 1 unspecified atom stereocenters. The van der Waals surface area contributed by atoms with E-state index < -0.39 is 0 Å². The summed E-state index contributed by atoms with van der Waals surface area (Å²) in [7, 11) is -0.00758. The minimum Gasteiger partial charge on any atom is -0.403 e. The van der Waals surface area contributed by atoms with Crippen LogP contribution in [-0.4, -0.2) is 18.3 Å². The molecular formula is C22H45BO2. The Morgan fingerprint density at radius 2 is 0.960 bits per heavy atom. The van der Waals surface area contributed by atoms with Crippen LogP contribution in [0.25, 0.3) is 0 Å². The lowest BCUT2D eigenvalue weighted by molar-refractivity contribution is 0.00578. The normalized spacial score (nSPS) is 20.2. The predicted octanol–water partition coefficient (Wildman–Crippen LogP) is 7.56. The maximum absolute atomic E-state index is 6.38. The van der Waals surface area contributed by atoms with Gasteiger partial charge in [0.25, 0.3) is 0 Å². The van der Waals surface area contributed by atoms with E-state index in [1.807, 2.05) is 0 Å². The van der Waals surface area contributed by atoms with Crippen molar-refractivity contribution in [2.75, 3.05) is 0 Å². The molecule has 1 atom stereocenters. The molecule has 0 N–H and O–H groups in total. The molecular weight excluding hydrogens is 307 g/mol. The molecule has 0 radical (unpaired) electrons. The highest BCUT2D eigenvalue weighted by Gasteiger charge is 2.53. The zero-order valence-electron chi connectivity index (χ0n) is 18.2. The van der Waals surface area contributed by atoms with Crippen LogP contribution in [0.1, 0.15) is 125 Å². The van der Waals surface area contributed by atoms with E-state index in [1.54, 1.807) is 0 Å². The molecule has 0 amide bonds. The predicted molar refractivity (Wildman–Crippen MR) is 111 cm³/mol. The third-order valence-electron chi connectivity index (χ3n) is 6.26. The van der Waals surface area contributed by atoms with Crippen molar-refractivity contribution < 1.29 is 9.31 Å². The number of hydrogen-bond acceptors (Lipinski definition) is 2. The van der Waals surface area contributed by atoms with Crippen molar-refractivity contribution in [3.05, 3.63) is 0 Å². The summed E-state index contributed by atoms with van der Waals surface area (Å²) in [6.45, 7) is 13.3. The topological polar surface area (TPSA) is 18.5 Å². The van der Waals surface area contributed by atoms with Gasteiger partial charge in [0.05, 0.1) is 11.2 Å². The average Bonchev–Trinajstić information content (AvgIpc) is 2.76. The van der Waals surface area contributed by atoms with Gasteiger partial charge < -0.3 is 9.31 Å². The summed E-state index contributed by atoms with van der Waals surface area (Å²) >= 11 is 0. The maximum Gasteiger partial charge on any atom is 0.461 e. The molecule has 1 fully saturated rings. The summed E-state index contributed by atoms with van der Waals surface area (Å²) in [4.78, 5) is 0. The fourth-order valence-corrected chi connectivity index (χ4v) is 3.69. The molecule has 0 aromatic carbocycles. The summed E-state index contributed by atoms with van der Waals surface area (Å²) in [5.74, 6) is 0.564. The van der Waals surface area contributed by atoms with Gasteiger partial charge in [0.2, 0.25) is 0 Å². The van der Waals surface area contributed by atoms with Crippen molar-refractivity contribution in [2.24, 2.45) is 0 Å². The first-order valence-corrected chi connectivity index (χ1v) is 11.2. The minimum absolute atomic E-state index is 0.00758. The fourth-order valence-electron chi connectivity index (χ4n) is 3.69. The highest BCUT2D eigenvalue weighted by molar-refractivity contribution is 6.47. The molecule has 0 saturated carbocycles. The first kappa shape index (κ1) is 23.0. The first-order chi connectivity index (χ1) is 11.8. The lowest BCUT2D eigenvalue weighted by Gasteiger charge is -2.32. The molecule has 0 bridgehead atoms. The Labute approximate surface area is 159 Å². The monoisotopic (exact) mass is 352 g/mol. The molecule has 1 aliphatic rings. The summed E-state index contributed by atoms with van der Waals surface area (Å²) < 4.78 is 12.8. The second-order valence-electron chi connectivity index (χ2n) is 9.14. The van der Waals surface area contributed by atoms with Crippen LogP contribution in [0.5, 0.6) is 0 Å². The van der Waals surface area contributed by atoms with Crippen LogP contribution in [0.4, 0.5) is 0 Å². The third-order valence-corrected chi connectivity index (χ3v) is 6.26. The second-order valence-corrected chi connectivity index (χ2v) is 9.14. The van der Waals surface area contributed by atoms with Gasteiger partial charge in [-0.3, -0.25) is 0 Å². The Bertz CT molecular complexity index is 325. The molecule has 0 aliphatic carbocycles. The molecule has 1 saturated heterocycles. The van der Waals surface area contributed by atoms with Gasteiger partial charge in [-0.15, -0.1) is 0 Å². The van der Waals surface area contributed by atoms with E-state index in [0.717, 1.165) is 0 Å². The van der Waals surface area contributed by atoms with Gasteiger partial charge >= 0.3 is 7.12 Å². The third kappa shape index (κ3) is 8.03. The van der Waals surface area contributed by atoms with Crippen LogP contribution in [-0.2, 0) is 9.31 Å². The van der Waals surface area contributed by atoms with Crippen LogP contribution < -0.4 is 0 Å².